The third-order valence-electron chi connectivity index (χ3n) is 5.81. The lowest BCUT2D eigenvalue weighted by Gasteiger charge is -2.43. The van der Waals surface area contributed by atoms with Crippen molar-refractivity contribution in [2.75, 3.05) is 39.9 Å². The van der Waals surface area contributed by atoms with Crippen LogP contribution in [0.2, 0.25) is 0 Å². The summed E-state index contributed by atoms with van der Waals surface area (Å²) >= 11 is 0. The Morgan fingerprint density at radius 2 is 1.88 bits per heavy atom. The molecule has 1 atom stereocenters. The second-order valence-electron chi connectivity index (χ2n) is 7.24. The van der Waals surface area contributed by atoms with Crippen LogP contribution in [0.15, 0.2) is 30.3 Å². The Kier molecular flexibility index (Phi) is 5.57. The van der Waals surface area contributed by atoms with E-state index in [1.807, 2.05) is 25.2 Å². The summed E-state index contributed by atoms with van der Waals surface area (Å²) in [5, 5.41) is 0. The number of carbonyl (C=O) groups excluding carboxylic acids is 1. The van der Waals surface area contributed by atoms with Crippen molar-refractivity contribution in [3.8, 4) is 0 Å². The largest absolute Gasteiger partial charge is 0.380 e. The zero-order chi connectivity index (χ0) is 17.0. The highest BCUT2D eigenvalue weighted by molar-refractivity contribution is 5.87. The van der Waals surface area contributed by atoms with Crippen molar-refractivity contribution >= 4 is 5.91 Å². The standard InChI is InChI=1S/C20H30N2O2/c1-3-14-24-15-13-22-11-9-20(10-12-22)16-18(19(23)21(20)2)17-7-5-4-6-8-17/h4-8,18H,3,9-16H2,1-2H3/t18-/m0/s1. The van der Waals surface area contributed by atoms with Gasteiger partial charge in [0.2, 0.25) is 5.91 Å². The summed E-state index contributed by atoms with van der Waals surface area (Å²) in [4.78, 5) is 17.3. The average molecular weight is 330 g/mol. The Morgan fingerprint density at radius 3 is 2.54 bits per heavy atom. The van der Waals surface area contributed by atoms with E-state index in [0.29, 0.717) is 5.91 Å². The van der Waals surface area contributed by atoms with Crippen molar-refractivity contribution in [2.24, 2.45) is 0 Å². The maximum Gasteiger partial charge on any atom is 0.230 e. The second kappa shape index (κ2) is 7.66. The molecule has 2 saturated heterocycles. The SMILES string of the molecule is CCCOCCN1CCC2(CC1)C[C@@H](c1ccccc1)C(=O)N2C. The molecular formula is C20H30N2O2. The van der Waals surface area contributed by atoms with Gasteiger partial charge in [-0.3, -0.25) is 4.79 Å². The third-order valence-corrected chi connectivity index (χ3v) is 5.81. The minimum atomic E-state index is 0.0376. The summed E-state index contributed by atoms with van der Waals surface area (Å²) in [5.41, 5.74) is 1.22. The fourth-order valence-electron chi connectivity index (χ4n) is 4.19. The van der Waals surface area contributed by atoms with E-state index in [1.165, 1.54) is 5.56 Å². The van der Waals surface area contributed by atoms with Crippen molar-refractivity contribution in [3.05, 3.63) is 35.9 Å². The van der Waals surface area contributed by atoms with Crippen LogP contribution in [0.25, 0.3) is 0 Å². The van der Waals surface area contributed by atoms with Gasteiger partial charge in [0.1, 0.15) is 0 Å². The predicted octanol–water partition coefficient (Wildman–Crippen LogP) is 2.89. The van der Waals surface area contributed by atoms with E-state index in [-0.39, 0.29) is 11.5 Å². The third kappa shape index (κ3) is 3.50. The molecule has 0 aromatic heterocycles. The predicted molar refractivity (Wildman–Crippen MR) is 96.1 cm³/mol. The lowest BCUT2D eigenvalue weighted by Crippen LogP contribution is -2.52. The molecule has 24 heavy (non-hydrogen) atoms. The quantitative estimate of drug-likeness (QED) is 0.752. The molecule has 4 heteroatoms. The Bertz CT molecular complexity index is 538. The Labute approximate surface area is 145 Å². The average Bonchev–Trinajstić information content (AvgIpc) is 2.87. The van der Waals surface area contributed by atoms with Gasteiger partial charge < -0.3 is 14.5 Å². The number of ether oxygens (including phenoxy) is 1. The van der Waals surface area contributed by atoms with Gasteiger partial charge in [-0.05, 0) is 31.2 Å². The maximum atomic E-state index is 12.8. The van der Waals surface area contributed by atoms with Gasteiger partial charge >= 0.3 is 0 Å². The molecule has 1 amide bonds. The first-order chi connectivity index (χ1) is 11.7. The number of rotatable bonds is 6. The van der Waals surface area contributed by atoms with E-state index in [9.17, 15) is 4.79 Å². The lowest BCUT2D eigenvalue weighted by molar-refractivity contribution is -0.131. The summed E-state index contributed by atoms with van der Waals surface area (Å²) in [6.07, 6.45) is 4.20. The number of piperidine rings is 1. The highest BCUT2D eigenvalue weighted by Crippen LogP contribution is 2.44. The first kappa shape index (κ1) is 17.4. The van der Waals surface area contributed by atoms with E-state index in [4.69, 9.17) is 4.74 Å². The smallest absolute Gasteiger partial charge is 0.230 e. The van der Waals surface area contributed by atoms with Gasteiger partial charge in [-0.25, -0.2) is 0 Å². The molecule has 2 aliphatic rings. The number of benzene rings is 1. The fraction of sp³-hybridized carbons (Fsp3) is 0.650. The molecule has 2 heterocycles. The molecule has 2 fully saturated rings. The van der Waals surface area contributed by atoms with Gasteiger partial charge in [-0.15, -0.1) is 0 Å². The molecule has 0 aliphatic carbocycles. The van der Waals surface area contributed by atoms with E-state index in [0.717, 1.165) is 58.5 Å². The summed E-state index contributed by atoms with van der Waals surface area (Å²) < 4.78 is 5.61. The number of amides is 1. The summed E-state index contributed by atoms with van der Waals surface area (Å²) in [6, 6.07) is 10.3. The number of carbonyl (C=O) groups is 1. The molecule has 3 rings (SSSR count). The first-order valence-corrected chi connectivity index (χ1v) is 9.29. The van der Waals surface area contributed by atoms with Crippen LogP contribution in [-0.4, -0.2) is 61.1 Å². The highest BCUT2D eigenvalue weighted by atomic mass is 16.5. The molecule has 0 bridgehead atoms. The van der Waals surface area contributed by atoms with Crippen LogP contribution in [0.1, 0.15) is 44.1 Å². The Balaban J connectivity index is 1.58. The summed E-state index contributed by atoms with van der Waals surface area (Å²) in [5.74, 6) is 0.330. The minimum absolute atomic E-state index is 0.0376. The molecule has 0 saturated carbocycles. The monoisotopic (exact) mass is 330 g/mol. The first-order valence-electron chi connectivity index (χ1n) is 9.29. The Morgan fingerprint density at radius 1 is 1.17 bits per heavy atom. The van der Waals surface area contributed by atoms with Crippen LogP contribution in [0, 0.1) is 0 Å². The molecule has 0 unspecified atom stereocenters. The van der Waals surface area contributed by atoms with Gasteiger partial charge in [-0.1, -0.05) is 37.3 Å². The van der Waals surface area contributed by atoms with Gasteiger partial charge in [0, 0.05) is 38.8 Å². The molecule has 4 nitrogen and oxygen atoms in total. The molecule has 0 N–H and O–H groups in total. The van der Waals surface area contributed by atoms with Crippen LogP contribution in [0.5, 0.6) is 0 Å². The second-order valence-corrected chi connectivity index (χ2v) is 7.24. The van der Waals surface area contributed by atoms with Crippen LogP contribution >= 0.6 is 0 Å². The van der Waals surface area contributed by atoms with Crippen LogP contribution in [0.4, 0.5) is 0 Å². The van der Waals surface area contributed by atoms with Crippen molar-refractivity contribution < 1.29 is 9.53 Å². The van der Waals surface area contributed by atoms with E-state index in [1.54, 1.807) is 0 Å². The van der Waals surface area contributed by atoms with E-state index >= 15 is 0 Å². The van der Waals surface area contributed by atoms with Crippen molar-refractivity contribution in [1.29, 1.82) is 0 Å². The van der Waals surface area contributed by atoms with Crippen LogP contribution < -0.4 is 0 Å². The molecule has 2 aliphatic heterocycles. The van der Waals surface area contributed by atoms with Crippen molar-refractivity contribution in [2.45, 2.75) is 44.1 Å². The van der Waals surface area contributed by atoms with Crippen molar-refractivity contribution in [3.63, 3.8) is 0 Å². The summed E-state index contributed by atoms with van der Waals surface area (Å²) in [6.45, 7) is 6.95. The van der Waals surface area contributed by atoms with Gasteiger partial charge in [0.05, 0.1) is 12.5 Å². The number of likely N-dealkylation sites (N-methyl/N-ethyl adjacent to an activating group) is 1. The fourth-order valence-corrected chi connectivity index (χ4v) is 4.19. The van der Waals surface area contributed by atoms with Gasteiger partial charge in [0.25, 0.3) is 0 Å². The van der Waals surface area contributed by atoms with E-state index < -0.39 is 0 Å². The highest BCUT2D eigenvalue weighted by Gasteiger charge is 2.50. The Hall–Kier alpha value is -1.39. The maximum absolute atomic E-state index is 12.8. The molecular weight excluding hydrogens is 300 g/mol. The lowest BCUT2D eigenvalue weighted by atomic mass is 9.81. The van der Waals surface area contributed by atoms with Crippen molar-refractivity contribution in [1.82, 2.24) is 9.80 Å². The topological polar surface area (TPSA) is 32.8 Å². The van der Waals surface area contributed by atoms with Crippen LogP contribution in [-0.2, 0) is 9.53 Å². The number of likely N-dealkylation sites (tertiary alicyclic amines) is 2. The van der Waals surface area contributed by atoms with Gasteiger partial charge in [0.15, 0.2) is 0 Å². The van der Waals surface area contributed by atoms with E-state index in [2.05, 4.69) is 28.9 Å². The molecule has 1 spiro atoms. The van der Waals surface area contributed by atoms with Gasteiger partial charge in [-0.2, -0.15) is 0 Å². The van der Waals surface area contributed by atoms with Crippen LogP contribution in [0.3, 0.4) is 0 Å². The number of hydrogen-bond acceptors (Lipinski definition) is 3. The summed E-state index contributed by atoms with van der Waals surface area (Å²) in [7, 11) is 2.01. The molecule has 1 aromatic carbocycles. The number of nitrogens with zero attached hydrogens (tertiary/aromatic N) is 2. The normalized spacial score (nSPS) is 24.0. The molecule has 132 valence electrons. The molecule has 0 radical (unpaired) electrons. The minimum Gasteiger partial charge on any atom is -0.380 e. The number of hydrogen-bond donors (Lipinski definition) is 0. The zero-order valence-electron chi connectivity index (χ0n) is 15.0. The zero-order valence-corrected chi connectivity index (χ0v) is 15.0. The molecule has 1 aromatic rings.